The van der Waals surface area contributed by atoms with Crippen molar-refractivity contribution in [2.45, 2.75) is 27.2 Å². The van der Waals surface area contributed by atoms with E-state index < -0.39 is 0 Å². The number of carbonyl (C=O) groups excluding carboxylic acids is 1. The summed E-state index contributed by atoms with van der Waals surface area (Å²) in [5.41, 5.74) is 4.98. The van der Waals surface area contributed by atoms with Gasteiger partial charge in [-0.1, -0.05) is 24.6 Å². The van der Waals surface area contributed by atoms with Crippen LogP contribution in [0.15, 0.2) is 42.5 Å². The molecule has 3 nitrogen and oxygen atoms in total. The molecule has 0 saturated carbocycles. The van der Waals surface area contributed by atoms with Crippen LogP contribution in [0.25, 0.3) is 0 Å². The van der Waals surface area contributed by atoms with E-state index in [9.17, 15) is 4.79 Å². The van der Waals surface area contributed by atoms with E-state index in [1.165, 1.54) is 17.7 Å². The summed E-state index contributed by atoms with van der Waals surface area (Å²) in [6, 6.07) is 14.1. The van der Waals surface area contributed by atoms with Crippen LogP contribution < -0.4 is 10.2 Å². The molecule has 1 atom stereocenters. The van der Waals surface area contributed by atoms with Gasteiger partial charge in [0.25, 0.3) is 5.91 Å². The van der Waals surface area contributed by atoms with Gasteiger partial charge < -0.3 is 10.2 Å². The van der Waals surface area contributed by atoms with Crippen LogP contribution in [-0.2, 0) is 0 Å². The average Bonchev–Trinajstić information content (AvgIpc) is 2.94. The highest BCUT2D eigenvalue weighted by Gasteiger charge is 2.18. The number of hydrogen-bond donors (Lipinski definition) is 1. The number of nitrogens with one attached hydrogen (secondary N) is 1. The van der Waals surface area contributed by atoms with Crippen LogP contribution in [0.1, 0.15) is 34.8 Å². The lowest BCUT2D eigenvalue weighted by molar-refractivity contribution is 0.102. The van der Waals surface area contributed by atoms with E-state index in [4.69, 9.17) is 0 Å². The SMILES string of the molecule is Cc1ccc(C(=O)Nc2ccc(N3CCC(C)C3)cc2)c(C)c1. The summed E-state index contributed by atoms with van der Waals surface area (Å²) in [5, 5.41) is 2.99. The van der Waals surface area contributed by atoms with Crippen LogP contribution in [0, 0.1) is 19.8 Å². The molecular formula is C20H24N2O. The predicted molar refractivity (Wildman–Crippen MR) is 96.3 cm³/mol. The van der Waals surface area contributed by atoms with Crippen molar-refractivity contribution >= 4 is 17.3 Å². The molecule has 0 aromatic heterocycles. The number of rotatable bonds is 3. The van der Waals surface area contributed by atoms with E-state index in [2.05, 4.69) is 29.3 Å². The number of aryl methyl sites for hydroxylation is 2. The smallest absolute Gasteiger partial charge is 0.255 e. The second-order valence-corrected chi connectivity index (χ2v) is 6.66. The molecule has 3 heteroatoms. The van der Waals surface area contributed by atoms with Crippen molar-refractivity contribution < 1.29 is 4.79 Å². The van der Waals surface area contributed by atoms with Gasteiger partial charge in [-0.2, -0.15) is 0 Å². The maximum absolute atomic E-state index is 12.4. The van der Waals surface area contributed by atoms with Crippen molar-refractivity contribution in [3.8, 4) is 0 Å². The summed E-state index contributed by atoms with van der Waals surface area (Å²) in [4.78, 5) is 14.8. The highest BCUT2D eigenvalue weighted by atomic mass is 16.1. The van der Waals surface area contributed by atoms with Crippen LogP contribution in [0.4, 0.5) is 11.4 Å². The number of amides is 1. The van der Waals surface area contributed by atoms with Gasteiger partial charge in [-0.05, 0) is 62.1 Å². The lowest BCUT2D eigenvalue weighted by Crippen LogP contribution is -2.19. The van der Waals surface area contributed by atoms with Crippen molar-refractivity contribution in [2.75, 3.05) is 23.3 Å². The highest BCUT2D eigenvalue weighted by molar-refractivity contribution is 6.05. The molecular weight excluding hydrogens is 284 g/mol. The Balaban J connectivity index is 1.69. The first-order valence-electron chi connectivity index (χ1n) is 8.26. The molecule has 2 aromatic carbocycles. The summed E-state index contributed by atoms with van der Waals surface area (Å²) in [5.74, 6) is 0.712. The van der Waals surface area contributed by atoms with Gasteiger partial charge in [0, 0.05) is 30.0 Å². The first kappa shape index (κ1) is 15.6. The van der Waals surface area contributed by atoms with Gasteiger partial charge in [-0.3, -0.25) is 4.79 Å². The van der Waals surface area contributed by atoms with E-state index in [1.807, 2.05) is 44.2 Å². The molecule has 1 amide bonds. The van der Waals surface area contributed by atoms with Crippen LogP contribution in [0.2, 0.25) is 0 Å². The zero-order chi connectivity index (χ0) is 16.4. The summed E-state index contributed by atoms with van der Waals surface area (Å²) in [6.07, 6.45) is 1.26. The Morgan fingerprint density at radius 2 is 1.87 bits per heavy atom. The second kappa shape index (κ2) is 6.45. The molecule has 1 fully saturated rings. The molecule has 0 radical (unpaired) electrons. The Labute approximate surface area is 138 Å². The number of hydrogen-bond acceptors (Lipinski definition) is 2. The van der Waals surface area contributed by atoms with Crippen molar-refractivity contribution in [3.05, 3.63) is 59.2 Å². The fraction of sp³-hybridized carbons (Fsp3) is 0.350. The summed E-state index contributed by atoms with van der Waals surface area (Å²) >= 11 is 0. The number of nitrogens with zero attached hydrogens (tertiary/aromatic N) is 1. The fourth-order valence-corrected chi connectivity index (χ4v) is 3.19. The van der Waals surface area contributed by atoms with E-state index in [-0.39, 0.29) is 5.91 Å². The lowest BCUT2D eigenvalue weighted by atomic mass is 10.1. The first-order valence-corrected chi connectivity index (χ1v) is 8.26. The Bertz CT molecular complexity index is 706. The average molecular weight is 308 g/mol. The number of anilines is 2. The summed E-state index contributed by atoms with van der Waals surface area (Å²) in [7, 11) is 0. The maximum atomic E-state index is 12.4. The van der Waals surface area contributed by atoms with E-state index >= 15 is 0 Å². The topological polar surface area (TPSA) is 32.3 Å². The molecule has 0 aliphatic carbocycles. The normalized spacial score (nSPS) is 17.3. The maximum Gasteiger partial charge on any atom is 0.255 e. The molecule has 0 spiro atoms. The largest absolute Gasteiger partial charge is 0.371 e. The van der Waals surface area contributed by atoms with Crippen molar-refractivity contribution in [1.82, 2.24) is 0 Å². The van der Waals surface area contributed by atoms with Crippen molar-refractivity contribution in [1.29, 1.82) is 0 Å². The van der Waals surface area contributed by atoms with Crippen LogP contribution in [-0.4, -0.2) is 19.0 Å². The Morgan fingerprint density at radius 3 is 2.48 bits per heavy atom. The molecule has 0 bridgehead atoms. The molecule has 1 aliphatic heterocycles. The standard InChI is InChI=1S/C20H24N2O/c1-14-4-9-19(16(3)12-14)20(23)21-17-5-7-18(8-6-17)22-11-10-15(2)13-22/h4-9,12,15H,10-11,13H2,1-3H3,(H,21,23). The minimum absolute atomic E-state index is 0.0509. The molecule has 1 heterocycles. The van der Waals surface area contributed by atoms with Gasteiger partial charge in [0.2, 0.25) is 0 Å². The second-order valence-electron chi connectivity index (χ2n) is 6.66. The molecule has 23 heavy (non-hydrogen) atoms. The molecule has 1 unspecified atom stereocenters. The third kappa shape index (κ3) is 3.55. The molecule has 3 rings (SSSR count). The zero-order valence-corrected chi connectivity index (χ0v) is 14.1. The third-order valence-corrected chi connectivity index (χ3v) is 4.54. The number of benzene rings is 2. The van der Waals surface area contributed by atoms with Gasteiger partial charge in [-0.15, -0.1) is 0 Å². The van der Waals surface area contributed by atoms with Gasteiger partial charge >= 0.3 is 0 Å². The lowest BCUT2D eigenvalue weighted by Gasteiger charge is -2.18. The van der Waals surface area contributed by atoms with Crippen LogP contribution in [0.5, 0.6) is 0 Å². The predicted octanol–water partition coefficient (Wildman–Crippen LogP) is 4.40. The third-order valence-electron chi connectivity index (χ3n) is 4.54. The van der Waals surface area contributed by atoms with Crippen molar-refractivity contribution in [3.63, 3.8) is 0 Å². The first-order chi connectivity index (χ1) is 11.0. The Morgan fingerprint density at radius 1 is 1.13 bits per heavy atom. The highest BCUT2D eigenvalue weighted by Crippen LogP contribution is 2.25. The monoisotopic (exact) mass is 308 g/mol. The Hall–Kier alpha value is -2.29. The van der Waals surface area contributed by atoms with Crippen LogP contribution in [0.3, 0.4) is 0 Å². The van der Waals surface area contributed by atoms with Crippen molar-refractivity contribution in [2.24, 2.45) is 5.92 Å². The van der Waals surface area contributed by atoms with E-state index in [0.717, 1.165) is 35.8 Å². The van der Waals surface area contributed by atoms with Gasteiger partial charge in [0.15, 0.2) is 0 Å². The molecule has 1 saturated heterocycles. The molecule has 2 aromatic rings. The van der Waals surface area contributed by atoms with Gasteiger partial charge in [-0.25, -0.2) is 0 Å². The molecule has 1 aliphatic rings. The summed E-state index contributed by atoms with van der Waals surface area (Å²) in [6.45, 7) is 8.54. The van der Waals surface area contributed by atoms with E-state index in [1.54, 1.807) is 0 Å². The quantitative estimate of drug-likeness (QED) is 0.911. The zero-order valence-electron chi connectivity index (χ0n) is 14.1. The van der Waals surface area contributed by atoms with Gasteiger partial charge in [0.05, 0.1) is 0 Å². The minimum Gasteiger partial charge on any atom is -0.371 e. The summed E-state index contributed by atoms with van der Waals surface area (Å²) < 4.78 is 0. The van der Waals surface area contributed by atoms with Crippen LogP contribution >= 0.6 is 0 Å². The number of carbonyl (C=O) groups is 1. The van der Waals surface area contributed by atoms with E-state index in [0.29, 0.717) is 0 Å². The molecule has 1 N–H and O–H groups in total. The molecule has 120 valence electrons. The minimum atomic E-state index is -0.0509. The Kier molecular flexibility index (Phi) is 4.37. The fourth-order valence-electron chi connectivity index (χ4n) is 3.19. The van der Waals surface area contributed by atoms with Gasteiger partial charge in [0.1, 0.15) is 0 Å².